The van der Waals surface area contributed by atoms with Gasteiger partial charge in [-0.25, -0.2) is 8.42 Å². The van der Waals surface area contributed by atoms with Gasteiger partial charge in [0.15, 0.2) is 0 Å². The van der Waals surface area contributed by atoms with Crippen LogP contribution in [0.1, 0.15) is 21.5 Å². The smallest absolute Gasteiger partial charge is 0.255 e. The number of aryl methyl sites for hydroxylation is 1. The first-order valence-corrected chi connectivity index (χ1v) is 11.2. The molecule has 1 amide bonds. The molecule has 8 heteroatoms. The Kier molecular flexibility index (Phi) is 6.19. The maximum Gasteiger partial charge on any atom is 0.255 e. The van der Waals surface area contributed by atoms with E-state index in [2.05, 4.69) is 21.2 Å². The van der Waals surface area contributed by atoms with Crippen LogP contribution in [0.3, 0.4) is 0 Å². The zero-order valence-electron chi connectivity index (χ0n) is 16.6. The zero-order chi connectivity index (χ0) is 22.1. The first-order chi connectivity index (χ1) is 14.1. The third-order valence-electron chi connectivity index (χ3n) is 4.69. The molecule has 30 heavy (non-hydrogen) atoms. The van der Waals surface area contributed by atoms with Crippen molar-refractivity contribution >= 4 is 37.4 Å². The molecule has 0 fully saturated rings. The number of phenols is 1. The van der Waals surface area contributed by atoms with Gasteiger partial charge in [0.05, 0.1) is 12.0 Å². The number of hydrogen-bond donors (Lipinski definition) is 2. The lowest BCUT2D eigenvalue weighted by atomic mass is 10.1. The Hall–Kier alpha value is -2.84. The van der Waals surface area contributed by atoms with Crippen molar-refractivity contribution in [1.82, 2.24) is 0 Å². The summed E-state index contributed by atoms with van der Waals surface area (Å²) in [5.41, 5.74) is 1.31. The molecule has 6 nitrogen and oxygen atoms in total. The lowest BCUT2D eigenvalue weighted by molar-refractivity contribution is 0.102. The second kappa shape index (κ2) is 8.49. The number of nitrogens with one attached hydrogen (secondary N) is 1. The van der Waals surface area contributed by atoms with Crippen molar-refractivity contribution in [2.24, 2.45) is 0 Å². The van der Waals surface area contributed by atoms with Gasteiger partial charge in [0.1, 0.15) is 16.4 Å². The standard InChI is InChI=1S/C22H20BrNO5S/c1-13-12-19(24-22(26)15-4-6-16(23)7-5-15)14(2)21(20(13)25)30(27,28)18-10-8-17(29-3)9-11-18/h4-12,25H,1-3H3,(H,24,26). The Labute approximate surface area is 183 Å². The van der Waals surface area contributed by atoms with Crippen molar-refractivity contribution in [1.29, 1.82) is 0 Å². The van der Waals surface area contributed by atoms with Crippen LogP contribution in [0.15, 0.2) is 68.9 Å². The van der Waals surface area contributed by atoms with Crippen molar-refractivity contribution in [2.75, 3.05) is 12.4 Å². The van der Waals surface area contributed by atoms with E-state index in [1.807, 2.05) is 0 Å². The highest BCUT2D eigenvalue weighted by Crippen LogP contribution is 2.38. The lowest BCUT2D eigenvalue weighted by Gasteiger charge is -2.17. The van der Waals surface area contributed by atoms with Gasteiger partial charge in [-0.15, -0.1) is 0 Å². The number of hydrogen-bond acceptors (Lipinski definition) is 5. The van der Waals surface area contributed by atoms with Gasteiger partial charge in [0, 0.05) is 15.7 Å². The number of carbonyl (C=O) groups is 1. The number of aromatic hydroxyl groups is 1. The van der Waals surface area contributed by atoms with Gasteiger partial charge in [-0.2, -0.15) is 0 Å². The zero-order valence-corrected chi connectivity index (χ0v) is 19.0. The molecule has 0 aromatic heterocycles. The number of amides is 1. The number of sulfone groups is 1. The topological polar surface area (TPSA) is 92.7 Å². The van der Waals surface area contributed by atoms with E-state index in [9.17, 15) is 18.3 Å². The maximum absolute atomic E-state index is 13.3. The fourth-order valence-electron chi connectivity index (χ4n) is 3.00. The quantitative estimate of drug-likeness (QED) is 0.498. The van der Waals surface area contributed by atoms with Crippen molar-refractivity contribution in [3.05, 3.63) is 75.8 Å². The summed E-state index contributed by atoms with van der Waals surface area (Å²) < 4.78 is 32.4. The first kappa shape index (κ1) is 21.9. The van der Waals surface area contributed by atoms with E-state index in [1.165, 1.54) is 31.4 Å². The normalized spacial score (nSPS) is 11.2. The molecule has 156 valence electrons. The van der Waals surface area contributed by atoms with Crippen molar-refractivity contribution < 1.29 is 23.1 Å². The average molecular weight is 490 g/mol. The molecule has 0 saturated carbocycles. The summed E-state index contributed by atoms with van der Waals surface area (Å²) in [6.07, 6.45) is 0. The van der Waals surface area contributed by atoms with Gasteiger partial charge >= 0.3 is 0 Å². The van der Waals surface area contributed by atoms with Gasteiger partial charge in [-0.05, 0) is 79.6 Å². The second-order valence-corrected chi connectivity index (χ2v) is 9.49. The van der Waals surface area contributed by atoms with Crippen LogP contribution in [-0.4, -0.2) is 26.5 Å². The van der Waals surface area contributed by atoms with Crippen molar-refractivity contribution in [3.63, 3.8) is 0 Å². The van der Waals surface area contributed by atoms with Crippen LogP contribution in [0, 0.1) is 13.8 Å². The van der Waals surface area contributed by atoms with E-state index in [4.69, 9.17) is 4.74 Å². The van der Waals surface area contributed by atoms with Crippen molar-refractivity contribution in [3.8, 4) is 11.5 Å². The molecule has 0 aliphatic carbocycles. The molecule has 3 aromatic rings. The molecule has 3 aromatic carbocycles. The van der Waals surface area contributed by atoms with Gasteiger partial charge in [0.2, 0.25) is 9.84 Å². The molecule has 3 rings (SSSR count). The Balaban J connectivity index is 2.06. The molecule has 0 saturated heterocycles. The van der Waals surface area contributed by atoms with Crippen LogP contribution in [0.4, 0.5) is 5.69 Å². The Morgan fingerprint density at radius 2 is 1.63 bits per heavy atom. The number of halogens is 1. The predicted octanol–water partition coefficient (Wildman–Crippen LogP) is 4.87. The third-order valence-corrected chi connectivity index (χ3v) is 7.15. The largest absolute Gasteiger partial charge is 0.506 e. The molecule has 0 aliphatic heterocycles. The summed E-state index contributed by atoms with van der Waals surface area (Å²) in [5, 5.41) is 13.3. The minimum atomic E-state index is -4.04. The number of phenolic OH excluding ortho intramolecular Hbond substituents is 1. The number of rotatable bonds is 5. The molecular weight excluding hydrogens is 470 g/mol. The fourth-order valence-corrected chi connectivity index (χ4v) is 4.92. The summed E-state index contributed by atoms with van der Waals surface area (Å²) in [7, 11) is -2.55. The molecule has 0 bridgehead atoms. The Morgan fingerprint density at radius 1 is 1.03 bits per heavy atom. The van der Waals surface area contributed by atoms with Gasteiger partial charge < -0.3 is 15.2 Å². The number of benzene rings is 3. The predicted molar refractivity (Wildman–Crippen MR) is 118 cm³/mol. The van der Waals surface area contributed by atoms with Crippen LogP contribution in [-0.2, 0) is 9.84 Å². The SMILES string of the molecule is COc1ccc(S(=O)(=O)c2c(C)c(NC(=O)c3ccc(Br)cc3)cc(C)c2O)cc1. The van der Waals surface area contributed by atoms with E-state index in [-0.39, 0.29) is 27.0 Å². The van der Waals surface area contributed by atoms with Gasteiger partial charge in [-0.1, -0.05) is 15.9 Å². The van der Waals surface area contributed by atoms with E-state index in [1.54, 1.807) is 44.2 Å². The van der Waals surface area contributed by atoms with E-state index in [0.29, 0.717) is 22.6 Å². The highest BCUT2D eigenvalue weighted by molar-refractivity contribution is 9.10. The molecule has 2 N–H and O–H groups in total. The Morgan fingerprint density at radius 3 is 2.20 bits per heavy atom. The van der Waals surface area contributed by atoms with Crippen molar-refractivity contribution in [2.45, 2.75) is 23.6 Å². The maximum atomic E-state index is 13.3. The molecule has 0 radical (unpaired) electrons. The molecular formula is C22H20BrNO5S. The summed E-state index contributed by atoms with van der Waals surface area (Å²) in [4.78, 5) is 12.4. The van der Waals surface area contributed by atoms with Gasteiger partial charge in [0.25, 0.3) is 5.91 Å². The van der Waals surface area contributed by atoms with E-state index >= 15 is 0 Å². The summed E-state index contributed by atoms with van der Waals surface area (Å²) in [6.45, 7) is 3.13. The summed E-state index contributed by atoms with van der Waals surface area (Å²) >= 11 is 3.32. The lowest BCUT2D eigenvalue weighted by Crippen LogP contribution is -2.15. The molecule has 0 atom stereocenters. The molecule has 0 unspecified atom stereocenters. The van der Waals surface area contributed by atoms with E-state index < -0.39 is 9.84 Å². The van der Waals surface area contributed by atoms with Crippen LogP contribution in [0.25, 0.3) is 0 Å². The fraction of sp³-hybridized carbons (Fsp3) is 0.136. The first-order valence-electron chi connectivity index (χ1n) is 8.94. The number of ether oxygens (including phenoxy) is 1. The average Bonchev–Trinajstić information content (AvgIpc) is 2.72. The third kappa shape index (κ3) is 4.20. The highest BCUT2D eigenvalue weighted by Gasteiger charge is 2.27. The summed E-state index contributed by atoms with van der Waals surface area (Å²) in [6, 6.07) is 14.2. The minimum absolute atomic E-state index is 0.0116. The van der Waals surface area contributed by atoms with Crippen LogP contribution in [0.5, 0.6) is 11.5 Å². The Bertz CT molecular complexity index is 1200. The van der Waals surface area contributed by atoms with Crippen LogP contribution in [0.2, 0.25) is 0 Å². The highest BCUT2D eigenvalue weighted by atomic mass is 79.9. The number of carbonyl (C=O) groups excluding carboxylic acids is 1. The van der Waals surface area contributed by atoms with E-state index in [0.717, 1.165) is 4.47 Å². The molecule has 0 aliphatic rings. The monoisotopic (exact) mass is 489 g/mol. The number of methoxy groups -OCH3 is 1. The van der Waals surface area contributed by atoms with Crippen LogP contribution >= 0.6 is 15.9 Å². The van der Waals surface area contributed by atoms with Gasteiger partial charge in [-0.3, -0.25) is 4.79 Å². The minimum Gasteiger partial charge on any atom is -0.506 e. The van der Waals surface area contributed by atoms with Crippen LogP contribution < -0.4 is 10.1 Å². The molecule has 0 heterocycles. The second-order valence-electron chi connectivity index (χ2n) is 6.68. The number of anilines is 1. The summed E-state index contributed by atoms with van der Waals surface area (Å²) in [5.74, 6) is -0.213. The molecule has 0 spiro atoms.